The van der Waals surface area contributed by atoms with Crippen molar-refractivity contribution in [2.45, 2.75) is 13.3 Å². The molecule has 34 heavy (non-hydrogen) atoms. The van der Waals surface area contributed by atoms with Gasteiger partial charge in [0.2, 0.25) is 11.7 Å². The average molecular weight is 506 g/mol. The van der Waals surface area contributed by atoms with Gasteiger partial charge in [-0.05, 0) is 29.8 Å². The van der Waals surface area contributed by atoms with E-state index in [0.29, 0.717) is 16.6 Å². The van der Waals surface area contributed by atoms with Gasteiger partial charge < -0.3 is 4.74 Å². The molecule has 0 bridgehead atoms. The highest BCUT2D eigenvalue weighted by Gasteiger charge is 2.17. The number of carbonyl (C=O) groups is 1. The standard InChI is InChI=1S/C20H14Cl2FN7O4/c21-14-3-1-12(7-15(14)22)9-29-10-24-20(27-29)25-19(31)16-5-6-28(26-16)11-34-18-8-13(23)2-4-17(18)30(32)33/h1-8,10H,9,11H2,(H,25,27,31). The summed E-state index contributed by atoms with van der Waals surface area (Å²) >= 11 is 11.9. The van der Waals surface area contributed by atoms with E-state index in [9.17, 15) is 19.3 Å². The fourth-order valence-electron chi connectivity index (χ4n) is 2.86. The number of nitrogens with zero attached hydrogens (tertiary/aromatic N) is 6. The summed E-state index contributed by atoms with van der Waals surface area (Å²) in [6.45, 7) is 0.0754. The van der Waals surface area contributed by atoms with Crippen molar-refractivity contribution < 1.29 is 18.8 Å². The highest BCUT2D eigenvalue weighted by Crippen LogP contribution is 2.27. The molecule has 0 atom stereocenters. The molecule has 0 fully saturated rings. The maximum atomic E-state index is 13.4. The van der Waals surface area contributed by atoms with Crippen molar-refractivity contribution in [1.82, 2.24) is 24.5 Å². The van der Waals surface area contributed by atoms with Crippen LogP contribution in [0, 0.1) is 15.9 Å². The molecule has 1 N–H and O–H groups in total. The Hall–Kier alpha value is -4.03. The number of halogens is 3. The van der Waals surface area contributed by atoms with Crippen LogP contribution in [0.2, 0.25) is 10.0 Å². The Morgan fingerprint density at radius 3 is 2.71 bits per heavy atom. The molecule has 0 aliphatic carbocycles. The fourth-order valence-corrected chi connectivity index (χ4v) is 3.18. The van der Waals surface area contributed by atoms with Crippen molar-refractivity contribution in [1.29, 1.82) is 0 Å². The zero-order valence-electron chi connectivity index (χ0n) is 17.1. The second-order valence-corrected chi connectivity index (χ2v) is 7.67. The fraction of sp³-hybridized carbons (Fsp3) is 0.100. The van der Waals surface area contributed by atoms with Gasteiger partial charge in [0, 0.05) is 18.3 Å². The predicted octanol–water partition coefficient (Wildman–Crippen LogP) is 4.17. The normalized spacial score (nSPS) is 10.8. The Morgan fingerprint density at radius 1 is 1.12 bits per heavy atom. The monoisotopic (exact) mass is 505 g/mol. The second kappa shape index (κ2) is 9.85. The van der Waals surface area contributed by atoms with Crippen LogP contribution in [-0.2, 0) is 13.3 Å². The number of aromatic nitrogens is 5. The van der Waals surface area contributed by atoms with Crippen molar-refractivity contribution in [2.75, 3.05) is 5.32 Å². The van der Waals surface area contributed by atoms with Gasteiger partial charge in [-0.2, -0.15) is 5.10 Å². The van der Waals surface area contributed by atoms with Gasteiger partial charge in [-0.25, -0.2) is 18.7 Å². The van der Waals surface area contributed by atoms with Gasteiger partial charge in [-0.15, -0.1) is 5.10 Å². The number of nitro groups is 1. The molecule has 4 rings (SSSR count). The van der Waals surface area contributed by atoms with Crippen LogP contribution < -0.4 is 10.1 Å². The Bertz CT molecular complexity index is 1370. The maximum absolute atomic E-state index is 13.4. The Balaban J connectivity index is 1.36. The van der Waals surface area contributed by atoms with Gasteiger partial charge in [0.25, 0.3) is 5.91 Å². The summed E-state index contributed by atoms with van der Waals surface area (Å²) in [6.07, 6.45) is 2.87. The first kappa shape index (κ1) is 23.1. The van der Waals surface area contributed by atoms with Gasteiger partial charge in [0.1, 0.15) is 12.1 Å². The number of anilines is 1. The molecule has 2 heterocycles. The average Bonchev–Trinajstić information content (AvgIpc) is 3.44. The Morgan fingerprint density at radius 2 is 1.94 bits per heavy atom. The number of benzene rings is 2. The third-order valence-electron chi connectivity index (χ3n) is 4.43. The van der Waals surface area contributed by atoms with E-state index < -0.39 is 22.3 Å². The lowest BCUT2D eigenvalue weighted by Crippen LogP contribution is -2.15. The van der Waals surface area contributed by atoms with E-state index in [1.165, 1.54) is 28.0 Å². The smallest absolute Gasteiger partial charge is 0.311 e. The molecular formula is C20H14Cl2FN7O4. The SMILES string of the molecule is O=C(Nc1ncn(Cc2ccc(Cl)c(Cl)c2)n1)c1ccn(COc2cc(F)ccc2[N+](=O)[O-])n1. The summed E-state index contributed by atoms with van der Waals surface area (Å²) in [7, 11) is 0. The molecule has 14 heteroatoms. The van der Waals surface area contributed by atoms with E-state index in [2.05, 4.69) is 20.5 Å². The van der Waals surface area contributed by atoms with Crippen LogP contribution in [0.1, 0.15) is 16.1 Å². The van der Waals surface area contributed by atoms with Crippen molar-refractivity contribution >= 4 is 40.7 Å². The minimum Gasteiger partial charge on any atom is -0.464 e. The summed E-state index contributed by atoms with van der Waals surface area (Å²) in [6, 6.07) is 9.44. The Kier molecular flexibility index (Phi) is 6.70. The molecular weight excluding hydrogens is 492 g/mol. The number of amides is 1. The van der Waals surface area contributed by atoms with E-state index in [1.807, 2.05) is 0 Å². The number of nitrogens with one attached hydrogen (secondary N) is 1. The molecule has 174 valence electrons. The molecule has 0 radical (unpaired) electrons. The first-order chi connectivity index (χ1) is 16.3. The lowest BCUT2D eigenvalue weighted by molar-refractivity contribution is -0.386. The summed E-state index contributed by atoms with van der Waals surface area (Å²) in [4.78, 5) is 26.8. The van der Waals surface area contributed by atoms with Crippen LogP contribution in [0.3, 0.4) is 0 Å². The molecule has 2 aromatic heterocycles. The molecule has 0 spiro atoms. The predicted molar refractivity (Wildman–Crippen MR) is 119 cm³/mol. The third kappa shape index (κ3) is 5.47. The molecule has 0 saturated heterocycles. The summed E-state index contributed by atoms with van der Waals surface area (Å²) < 4.78 is 21.4. The molecule has 0 aliphatic rings. The van der Waals surface area contributed by atoms with Crippen LogP contribution >= 0.6 is 23.2 Å². The van der Waals surface area contributed by atoms with Crippen molar-refractivity contribution in [2.24, 2.45) is 0 Å². The summed E-state index contributed by atoms with van der Waals surface area (Å²) in [5, 5.41) is 22.6. The maximum Gasteiger partial charge on any atom is 0.311 e. The van der Waals surface area contributed by atoms with E-state index >= 15 is 0 Å². The van der Waals surface area contributed by atoms with Crippen LogP contribution in [0.4, 0.5) is 16.0 Å². The second-order valence-electron chi connectivity index (χ2n) is 6.85. The van der Waals surface area contributed by atoms with Crippen molar-refractivity contribution in [3.05, 3.63) is 92.2 Å². The zero-order chi connectivity index (χ0) is 24.2. The largest absolute Gasteiger partial charge is 0.464 e. The molecule has 11 nitrogen and oxygen atoms in total. The van der Waals surface area contributed by atoms with Crippen LogP contribution in [0.15, 0.2) is 55.0 Å². The minimum absolute atomic E-state index is 0.0261. The highest BCUT2D eigenvalue weighted by molar-refractivity contribution is 6.42. The van der Waals surface area contributed by atoms with E-state index in [-0.39, 0.29) is 24.1 Å². The number of hydrogen-bond donors (Lipinski definition) is 1. The minimum atomic E-state index is -0.690. The lowest BCUT2D eigenvalue weighted by Gasteiger charge is -2.06. The topological polar surface area (TPSA) is 130 Å². The van der Waals surface area contributed by atoms with Gasteiger partial charge in [-0.1, -0.05) is 29.3 Å². The molecule has 4 aromatic rings. The van der Waals surface area contributed by atoms with Gasteiger partial charge in [-0.3, -0.25) is 20.2 Å². The molecule has 0 saturated carbocycles. The van der Waals surface area contributed by atoms with Crippen molar-refractivity contribution in [3.8, 4) is 5.75 Å². The van der Waals surface area contributed by atoms with Crippen LogP contribution in [0.25, 0.3) is 0 Å². The first-order valence-electron chi connectivity index (χ1n) is 9.53. The quantitative estimate of drug-likeness (QED) is 0.281. The summed E-state index contributed by atoms with van der Waals surface area (Å²) in [5.74, 6) is -1.47. The number of ether oxygens (including phenoxy) is 1. The van der Waals surface area contributed by atoms with Gasteiger partial charge >= 0.3 is 5.69 Å². The first-order valence-corrected chi connectivity index (χ1v) is 10.3. The lowest BCUT2D eigenvalue weighted by atomic mass is 10.2. The van der Waals surface area contributed by atoms with Gasteiger partial charge in [0.15, 0.2) is 12.4 Å². The molecule has 0 aliphatic heterocycles. The number of carbonyl (C=O) groups excluding carboxylic acids is 1. The number of nitro benzene ring substituents is 1. The van der Waals surface area contributed by atoms with E-state index in [1.54, 1.807) is 18.2 Å². The molecule has 1 amide bonds. The molecule has 0 unspecified atom stereocenters. The zero-order valence-corrected chi connectivity index (χ0v) is 18.6. The number of hydrogen-bond acceptors (Lipinski definition) is 7. The van der Waals surface area contributed by atoms with E-state index in [0.717, 1.165) is 23.8 Å². The third-order valence-corrected chi connectivity index (χ3v) is 5.17. The molecule has 2 aromatic carbocycles. The Labute approximate surface area is 200 Å². The van der Waals surface area contributed by atoms with Gasteiger partial charge in [0.05, 0.1) is 21.5 Å². The van der Waals surface area contributed by atoms with E-state index in [4.69, 9.17) is 27.9 Å². The highest BCUT2D eigenvalue weighted by atomic mass is 35.5. The van der Waals surface area contributed by atoms with Crippen molar-refractivity contribution in [3.63, 3.8) is 0 Å². The number of rotatable bonds is 8. The van der Waals surface area contributed by atoms with Crippen LogP contribution in [-0.4, -0.2) is 35.4 Å². The summed E-state index contributed by atoms with van der Waals surface area (Å²) in [5.41, 5.74) is 0.474. The van der Waals surface area contributed by atoms with Crippen LogP contribution in [0.5, 0.6) is 5.75 Å².